The van der Waals surface area contributed by atoms with Crippen LogP contribution < -0.4 is 10.5 Å². The van der Waals surface area contributed by atoms with Crippen molar-refractivity contribution in [1.82, 2.24) is 4.90 Å². The van der Waals surface area contributed by atoms with Crippen LogP contribution in [-0.4, -0.2) is 37.3 Å². The molecule has 1 aliphatic heterocycles. The summed E-state index contributed by atoms with van der Waals surface area (Å²) in [7, 11) is 0. The lowest BCUT2D eigenvalue weighted by molar-refractivity contribution is -0.00570. The summed E-state index contributed by atoms with van der Waals surface area (Å²) in [5.41, 5.74) is 6.91. The van der Waals surface area contributed by atoms with Gasteiger partial charge in [-0.3, -0.25) is 4.79 Å². The van der Waals surface area contributed by atoms with E-state index in [1.807, 2.05) is 6.92 Å². The molecule has 0 radical (unpaired) electrons. The minimum Gasteiger partial charge on any atom is -0.492 e. The second kappa shape index (κ2) is 5.73. The van der Waals surface area contributed by atoms with Gasteiger partial charge in [-0.25, -0.2) is 0 Å². The lowest BCUT2D eigenvalue weighted by Gasteiger charge is -2.26. The van der Waals surface area contributed by atoms with E-state index in [0.717, 1.165) is 19.6 Å². The molecule has 98 valence electrons. The van der Waals surface area contributed by atoms with Crippen molar-refractivity contribution in [2.24, 2.45) is 0 Å². The van der Waals surface area contributed by atoms with Crippen molar-refractivity contribution in [2.75, 3.05) is 32.2 Å². The number of anilines is 1. The molecular weight excluding hydrogens is 232 g/mol. The van der Waals surface area contributed by atoms with Crippen LogP contribution in [0.25, 0.3) is 0 Å². The topological polar surface area (TPSA) is 64.8 Å². The molecule has 1 saturated heterocycles. The fraction of sp³-hybridized carbons (Fsp3) is 0.462. The molecule has 1 fully saturated rings. The van der Waals surface area contributed by atoms with Gasteiger partial charge >= 0.3 is 0 Å². The number of carbonyl (C=O) groups is 1. The summed E-state index contributed by atoms with van der Waals surface area (Å²) < 4.78 is 10.6. The number of nitrogens with two attached hydrogens (primary N) is 1. The number of nitrogens with zero attached hydrogens (tertiary/aromatic N) is 1. The Morgan fingerprint density at radius 2 is 2.39 bits per heavy atom. The van der Waals surface area contributed by atoms with Crippen LogP contribution in [0.15, 0.2) is 18.2 Å². The highest BCUT2D eigenvalue weighted by atomic mass is 16.5. The molecule has 1 aromatic carbocycles. The molecule has 5 heteroatoms. The number of amides is 1. The zero-order valence-corrected chi connectivity index (χ0v) is 10.5. The fourth-order valence-electron chi connectivity index (χ4n) is 1.91. The lowest BCUT2D eigenvalue weighted by atomic mass is 10.1. The summed E-state index contributed by atoms with van der Waals surface area (Å²) in [6.45, 7) is 4.24. The molecule has 0 aromatic heterocycles. The molecule has 0 atom stereocenters. The number of ether oxygens (including phenoxy) is 2. The van der Waals surface area contributed by atoms with E-state index in [2.05, 4.69) is 0 Å². The Morgan fingerprint density at radius 3 is 3.00 bits per heavy atom. The van der Waals surface area contributed by atoms with Gasteiger partial charge < -0.3 is 20.1 Å². The molecule has 1 amide bonds. The molecular formula is C13H18N2O3. The van der Waals surface area contributed by atoms with Gasteiger partial charge in [0.1, 0.15) is 12.5 Å². The van der Waals surface area contributed by atoms with Crippen molar-refractivity contribution in [3.05, 3.63) is 23.8 Å². The first kappa shape index (κ1) is 12.7. The highest BCUT2D eigenvalue weighted by Crippen LogP contribution is 2.23. The summed E-state index contributed by atoms with van der Waals surface area (Å²) in [5, 5.41) is 0. The SMILES string of the molecule is CCOc1ccc(C(=O)N2CCCOC2)cc1N. The molecule has 0 saturated carbocycles. The van der Waals surface area contributed by atoms with Crippen LogP contribution in [0, 0.1) is 0 Å². The Labute approximate surface area is 106 Å². The van der Waals surface area contributed by atoms with Crippen molar-refractivity contribution < 1.29 is 14.3 Å². The molecule has 1 aromatic rings. The van der Waals surface area contributed by atoms with E-state index in [9.17, 15) is 4.79 Å². The van der Waals surface area contributed by atoms with Crippen LogP contribution >= 0.6 is 0 Å². The maximum Gasteiger partial charge on any atom is 0.255 e. The molecule has 1 heterocycles. The molecule has 0 bridgehead atoms. The van der Waals surface area contributed by atoms with Crippen LogP contribution in [-0.2, 0) is 4.74 Å². The molecule has 2 N–H and O–H groups in total. The molecule has 0 unspecified atom stereocenters. The lowest BCUT2D eigenvalue weighted by Crippen LogP contribution is -2.38. The fourth-order valence-corrected chi connectivity index (χ4v) is 1.91. The largest absolute Gasteiger partial charge is 0.492 e. The van der Waals surface area contributed by atoms with Crippen molar-refractivity contribution in [3.63, 3.8) is 0 Å². The van der Waals surface area contributed by atoms with Crippen LogP contribution in [0.5, 0.6) is 5.75 Å². The van der Waals surface area contributed by atoms with Gasteiger partial charge in [0.15, 0.2) is 0 Å². The standard InChI is InChI=1S/C13H18N2O3/c1-2-18-12-5-4-10(8-11(12)14)13(16)15-6-3-7-17-9-15/h4-5,8H,2-3,6-7,9,14H2,1H3. The van der Waals surface area contributed by atoms with Gasteiger partial charge in [-0.1, -0.05) is 0 Å². The minimum absolute atomic E-state index is 0.0514. The monoisotopic (exact) mass is 250 g/mol. The van der Waals surface area contributed by atoms with Gasteiger partial charge in [-0.2, -0.15) is 0 Å². The van der Waals surface area contributed by atoms with Gasteiger partial charge in [0.05, 0.1) is 18.9 Å². The number of carbonyl (C=O) groups excluding carboxylic acids is 1. The Kier molecular flexibility index (Phi) is 4.04. The minimum atomic E-state index is -0.0514. The van der Waals surface area contributed by atoms with Gasteiger partial charge in [0.25, 0.3) is 5.91 Å². The molecule has 0 spiro atoms. The number of hydrogen-bond acceptors (Lipinski definition) is 4. The van der Waals surface area contributed by atoms with Gasteiger partial charge in [0.2, 0.25) is 0 Å². The third kappa shape index (κ3) is 2.73. The highest BCUT2D eigenvalue weighted by molar-refractivity contribution is 5.95. The smallest absolute Gasteiger partial charge is 0.255 e. The van der Waals surface area contributed by atoms with Crippen molar-refractivity contribution >= 4 is 11.6 Å². The first-order valence-corrected chi connectivity index (χ1v) is 6.11. The number of hydrogen-bond donors (Lipinski definition) is 1. The molecule has 18 heavy (non-hydrogen) atoms. The highest BCUT2D eigenvalue weighted by Gasteiger charge is 2.19. The third-order valence-corrected chi connectivity index (χ3v) is 2.81. The Morgan fingerprint density at radius 1 is 1.56 bits per heavy atom. The van der Waals surface area contributed by atoms with Crippen LogP contribution in [0.1, 0.15) is 23.7 Å². The van der Waals surface area contributed by atoms with E-state index in [4.69, 9.17) is 15.2 Å². The number of nitrogen functional groups attached to an aromatic ring is 1. The van der Waals surface area contributed by atoms with E-state index in [1.54, 1.807) is 23.1 Å². The van der Waals surface area contributed by atoms with Crippen molar-refractivity contribution in [2.45, 2.75) is 13.3 Å². The number of benzene rings is 1. The van der Waals surface area contributed by atoms with E-state index < -0.39 is 0 Å². The predicted molar refractivity (Wildman–Crippen MR) is 68.5 cm³/mol. The average Bonchev–Trinajstić information content (AvgIpc) is 2.41. The molecule has 2 rings (SSSR count). The molecule has 5 nitrogen and oxygen atoms in total. The van der Waals surface area contributed by atoms with Crippen molar-refractivity contribution in [1.29, 1.82) is 0 Å². The van der Waals surface area contributed by atoms with Gasteiger partial charge in [0, 0.05) is 12.1 Å². The second-order valence-corrected chi connectivity index (χ2v) is 4.15. The van der Waals surface area contributed by atoms with Crippen LogP contribution in [0.4, 0.5) is 5.69 Å². The second-order valence-electron chi connectivity index (χ2n) is 4.15. The summed E-state index contributed by atoms with van der Waals surface area (Å²) in [5.74, 6) is 0.563. The Bertz CT molecular complexity index is 428. The van der Waals surface area contributed by atoms with Crippen LogP contribution in [0.2, 0.25) is 0 Å². The summed E-state index contributed by atoms with van der Waals surface area (Å²) in [4.78, 5) is 13.8. The van der Waals surface area contributed by atoms with E-state index in [1.165, 1.54) is 0 Å². The molecule has 0 aliphatic carbocycles. The zero-order valence-electron chi connectivity index (χ0n) is 10.5. The molecule has 1 aliphatic rings. The third-order valence-electron chi connectivity index (χ3n) is 2.81. The quantitative estimate of drug-likeness (QED) is 0.825. The average molecular weight is 250 g/mol. The maximum atomic E-state index is 12.2. The maximum absolute atomic E-state index is 12.2. The first-order valence-electron chi connectivity index (χ1n) is 6.11. The zero-order chi connectivity index (χ0) is 13.0. The van der Waals surface area contributed by atoms with E-state index in [-0.39, 0.29) is 5.91 Å². The van der Waals surface area contributed by atoms with Gasteiger partial charge in [-0.15, -0.1) is 0 Å². The van der Waals surface area contributed by atoms with E-state index in [0.29, 0.717) is 30.3 Å². The van der Waals surface area contributed by atoms with Gasteiger partial charge in [-0.05, 0) is 31.5 Å². The first-order chi connectivity index (χ1) is 8.72. The summed E-state index contributed by atoms with van der Waals surface area (Å²) in [6, 6.07) is 5.12. The Hall–Kier alpha value is -1.75. The van der Waals surface area contributed by atoms with Crippen LogP contribution in [0.3, 0.4) is 0 Å². The summed E-state index contributed by atoms with van der Waals surface area (Å²) >= 11 is 0. The Balaban J connectivity index is 2.12. The normalized spacial score (nSPS) is 15.5. The number of rotatable bonds is 3. The van der Waals surface area contributed by atoms with E-state index >= 15 is 0 Å². The summed E-state index contributed by atoms with van der Waals surface area (Å²) in [6.07, 6.45) is 0.873. The predicted octanol–water partition coefficient (Wildman–Crippen LogP) is 1.49. The van der Waals surface area contributed by atoms with Crippen molar-refractivity contribution in [3.8, 4) is 5.75 Å².